The van der Waals surface area contributed by atoms with Crippen molar-refractivity contribution in [3.63, 3.8) is 0 Å². The maximum atomic E-state index is 13.8. The van der Waals surface area contributed by atoms with E-state index in [4.69, 9.17) is 0 Å². The van der Waals surface area contributed by atoms with E-state index in [1.807, 2.05) is 43.3 Å². The Bertz CT molecular complexity index is 591. The van der Waals surface area contributed by atoms with E-state index in [1.165, 1.54) is 18.2 Å². The van der Waals surface area contributed by atoms with Crippen LogP contribution in [0.3, 0.4) is 0 Å². The van der Waals surface area contributed by atoms with Crippen LogP contribution >= 0.6 is 0 Å². The second-order valence-electron chi connectivity index (χ2n) is 5.24. The minimum absolute atomic E-state index is 0.118. The molecule has 0 aliphatic rings. The van der Waals surface area contributed by atoms with Crippen molar-refractivity contribution in [3.8, 4) is 0 Å². The molecule has 2 rings (SSSR count). The number of halogens is 2. The second-order valence-corrected chi connectivity index (χ2v) is 5.24. The number of rotatable bonds is 5. The van der Waals surface area contributed by atoms with Gasteiger partial charge in [-0.2, -0.15) is 0 Å². The van der Waals surface area contributed by atoms with E-state index >= 15 is 0 Å². The van der Waals surface area contributed by atoms with Crippen molar-refractivity contribution in [2.45, 2.75) is 12.5 Å². The fraction of sp³-hybridized carbons (Fsp3) is 0.294. The van der Waals surface area contributed by atoms with Crippen LogP contribution in [0.5, 0.6) is 0 Å². The lowest BCUT2D eigenvalue weighted by atomic mass is 9.97. The lowest BCUT2D eigenvalue weighted by Crippen LogP contribution is -2.20. The predicted octanol–water partition coefficient (Wildman–Crippen LogP) is 3.53. The highest BCUT2D eigenvalue weighted by molar-refractivity contribution is 5.48. The fourth-order valence-electron chi connectivity index (χ4n) is 2.34. The summed E-state index contributed by atoms with van der Waals surface area (Å²) in [5.74, 6) is -1.00. The highest BCUT2D eigenvalue weighted by Gasteiger charge is 2.16. The third kappa shape index (κ3) is 3.58. The molecule has 0 fully saturated rings. The van der Waals surface area contributed by atoms with E-state index in [-0.39, 0.29) is 18.0 Å². The van der Waals surface area contributed by atoms with Gasteiger partial charge in [0, 0.05) is 31.4 Å². The van der Waals surface area contributed by atoms with Gasteiger partial charge in [0.2, 0.25) is 0 Å². The summed E-state index contributed by atoms with van der Waals surface area (Å²) < 4.78 is 27.6. The van der Waals surface area contributed by atoms with Crippen molar-refractivity contribution in [1.82, 2.24) is 5.32 Å². The molecule has 2 nitrogen and oxygen atoms in total. The number of anilines is 1. The van der Waals surface area contributed by atoms with Crippen LogP contribution in [0.25, 0.3) is 0 Å². The van der Waals surface area contributed by atoms with E-state index in [1.54, 1.807) is 7.05 Å². The minimum Gasteiger partial charge on any atom is -0.378 e. The van der Waals surface area contributed by atoms with Crippen molar-refractivity contribution < 1.29 is 8.78 Å². The minimum atomic E-state index is -0.501. The Morgan fingerprint density at radius 2 is 1.67 bits per heavy atom. The van der Waals surface area contributed by atoms with Gasteiger partial charge < -0.3 is 10.2 Å². The molecule has 0 radical (unpaired) electrons. The number of hydrogen-bond acceptors (Lipinski definition) is 2. The van der Waals surface area contributed by atoms with Crippen LogP contribution < -0.4 is 10.2 Å². The molecule has 0 aliphatic carbocycles. The third-order valence-corrected chi connectivity index (χ3v) is 3.61. The van der Waals surface area contributed by atoms with Crippen LogP contribution in [0.1, 0.15) is 17.2 Å². The molecule has 4 heteroatoms. The van der Waals surface area contributed by atoms with Gasteiger partial charge in [-0.15, -0.1) is 0 Å². The first-order valence-corrected chi connectivity index (χ1v) is 6.90. The Balaban J connectivity index is 2.30. The zero-order valence-corrected chi connectivity index (χ0v) is 12.5. The highest BCUT2D eigenvalue weighted by atomic mass is 19.1. The molecule has 2 aromatic rings. The van der Waals surface area contributed by atoms with Gasteiger partial charge in [0.1, 0.15) is 11.6 Å². The molecule has 0 amide bonds. The van der Waals surface area contributed by atoms with Gasteiger partial charge in [-0.25, -0.2) is 8.78 Å². The normalized spacial score (nSPS) is 12.2. The van der Waals surface area contributed by atoms with E-state index in [0.717, 1.165) is 11.3 Å². The van der Waals surface area contributed by atoms with Crippen molar-refractivity contribution in [1.29, 1.82) is 0 Å². The van der Waals surface area contributed by atoms with Crippen LogP contribution in [0.2, 0.25) is 0 Å². The lowest BCUT2D eigenvalue weighted by molar-refractivity contribution is 0.515. The quantitative estimate of drug-likeness (QED) is 0.906. The highest BCUT2D eigenvalue weighted by Crippen LogP contribution is 2.24. The van der Waals surface area contributed by atoms with E-state index in [9.17, 15) is 8.78 Å². The first-order valence-electron chi connectivity index (χ1n) is 6.90. The molecule has 0 saturated heterocycles. The zero-order chi connectivity index (χ0) is 15.4. The number of nitrogens with zero attached hydrogens (tertiary/aromatic N) is 1. The fourth-order valence-corrected chi connectivity index (χ4v) is 2.34. The molecular weight excluding hydrogens is 270 g/mol. The molecule has 0 spiro atoms. The van der Waals surface area contributed by atoms with E-state index < -0.39 is 11.6 Å². The predicted molar refractivity (Wildman–Crippen MR) is 82.6 cm³/mol. The summed E-state index contributed by atoms with van der Waals surface area (Å²) >= 11 is 0. The molecule has 21 heavy (non-hydrogen) atoms. The summed E-state index contributed by atoms with van der Waals surface area (Å²) in [6, 6.07) is 11.8. The molecule has 112 valence electrons. The monoisotopic (exact) mass is 290 g/mol. The number of hydrogen-bond donors (Lipinski definition) is 1. The Hall–Kier alpha value is -1.94. The Morgan fingerprint density at radius 3 is 2.24 bits per heavy atom. The summed E-state index contributed by atoms with van der Waals surface area (Å²) in [7, 11) is 5.72. The molecule has 0 aromatic heterocycles. The Labute approximate surface area is 124 Å². The number of likely N-dealkylation sites (N-methyl/N-ethyl adjacent to an activating group) is 1. The summed E-state index contributed by atoms with van der Waals surface area (Å²) in [5.41, 5.74) is 2.18. The van der Waals surface area contributed by atoms with E-state index in [0.29, 0.717) is 0 Å². The SMILES string of the molecule is CNC(Cc1c(F)cccc1F)c1cccc(N(C)C)c1. The Morgan fingerprint density at radius 1 is 1.05 bits per heavy atom. The average Bonchev–Trinajstić information content (AvgIpc) is 2.47. The first kappa shape index (κ1) is 15.4. The van der Waals surface area contributed by atoms with Gasteiger partial charge in [-0.3, -0.25) is 0 Å². The van der Waals surface area contributed by atoms with Crippen molar-refractivity contribution in [3.05, 3.63) is 65.2 Å². The van der Waals surface area contributed by atoms with Gasteiger partial charge in [0.15, 0.2) is 0 Å². The topological polar surface area (TPSA) is 15.3 Å². The number of benzene rings is 2. The average molecular weight is 290 g/mol. The van der Waals surface area contributed by atoms with Crippen LogP contribution in [-0.4, -0.2) is 21.1 Å². The largest absolute Gasteiger partial charge is 0.378 e. The second kappa shape index (κ2) is 6.68. The molecule has 1 N–H and O–H groups in total. The summed E-state index contributed by atoms with van der Waals surface area (Å²) in [5, 5.41) is 3.14. The summed E-state index contributed by atoms with van der Waals surface area (Å²) in [6.45, 7) is 0. The van der Waals surface area contributed by atoms with Crippen LogP contribution in [0.4, 0.5) is 14.5 Å². The molecule has 1 atom stereocenters. The zero-order valence-electron chi connectivity index (χ0n) is 12.5. The van der Waals surface area contributed by atoms with Crippen LogP contribution in [-0.2, 0) is 6.42 Å². The molecule has 1 unspecified atom stereocenters. The van der Waals surface area contributed by atoms with Crippen molar-refractivity contribution >= 4 is 5.69 Å². The van der Waals surface area contributed by atoms with Crippen molar-refractivity contribution in [2.24, 2.45) is 0 Å². The molecule has 0 saturated carbocycles. The smallest absolute Gasteiger partial charge is 0.129 e. The standard InChI is InChI=1S/C17H20F2N2/c1-20-17(11-14-15(18)8-5-9-16(14)19)12-6-4-7-13(10-12)21(2)3/h4-10,17,20H,11H2,1-3H3. The van der Waals surface area contributed by atoms with Gasteiger partial charge in [0.05, 0.1) is 0 Å². The van der Waals surface area contributed by atoms with Crippen LogP contribution in [0.15, 0.2) is 42.5 Å². The number of nitrogens with one attached hydrogen (secondary N) is 1. The van der Waals surface area contributed by atoms with Crippen LogP contribution in [0, 0.1) is 11.6 Å². The lowest BCUT2D eigenvalue weighted by Gasteiger charge is -2.20. The third-order valence-electron chi connectivity index (χ3n) is 3.61. The molecule has 2 aromatic carbocycles. The maximum Gasteiger partial charge on any atom is 0.129 e. The molecular formula is C17H20F2N2. The van der Waals surface area contributed by atoms with Gasteiger partial charge in [-0.1, -0.05) is 18.2 Å². The van der Waals surface area contributed by atoms with Crippen molar-refractivity contribution in [2.75, 3.05) is 26.0 Å². The molecule has 0 heterocycles. The molecule has 0 bridgehead atoms. The van der Waals surface area contributed by atoms with E-state index in [2.05, 4.69) is 5.32 Å². The maximum absolute atomic E-state index is 13.8. The Kier molecular flexibility index (Phi) is 4.91. The van der Waals surface area contributed by atoms with Gasteiger partial charge in [0.25, 0.3) is 0 Å². The molecule has 0 aliphatic heterocycles. The van der Waals surface area contributed by atoms with Gasteiger partial charge >= 0.3 is 0 Å². The first-order chi connectivity index (χ1) is 10.0. The summed E-state index contributed by atoms with van der Waals surface area (Å²) in [4.78, 5) is 2.00. The van der Waals surface area contributed by atoms with Gasteiger partial charge in [-0.05, 0) is 43.3 Å². The summed E-state index contributed by atoms with van der Waals surface area (Å²) in [6.07, 6.45) is 0.270.